The summed E-state index contributed by atoms with van der Waals surface area (Å²) in [5, 5.41) is 0. The zero-order chi connectivity index (χ0) is 11.4. The van der Waals surface area contributed by atoms with E-state index in [0.29, 0.717) is 0 Å². The van der Waals surface area contributed by atoms with E-state index < -0.39 is 0 Å². The molecule has 2 nitrogen and oxygen atoms in total. The van der Waals surface area contributed by atoms with Crippen LogP contribution in [0.3, 0.4) is 0 Å². The number of nitrogens with two attached hydrogens (primary N) is 2. The van der Waals surface area contributed by atoms with Crippen molar-refractivity contribution >= 4 is 11.4 Å². The van der Waals surface area contributed by atoms with E-state index >= 15 is 0 Å². The van der Waals surface area contributed by atoms with Gasteiger partial charge < -0.3 is 11.5 Å². The van der Waals surface area contributed by atoms with Gasteiger partial charge in [0.2, 0.25) is 0 Å². The van der Waals surface area contributed by atoms with Crippen molar-refractivity contribution in [3.8, 4) is 0 Å². The molecule has 88 valence electrons. The molecule has 0 unspecified atom stereocenters. The van der Waals surface area contributed by atoms with Crippen LogP contribution in [0.2, 0.25) is 0 Å². The maximum Gasteiger partial charge on any atom is 0.0337 e. The van der Waals surface area contributed by atoms with E-state index in [9.17, 15) is 0 Å². The van der Waals surface area contributed by atoms with Crippen molar-refractivity contribution in [1.82, 2.24) is 0 Å². The minimum Gasteiger partial charge on any atom is -0.399 e. The molecule has 1 aliphatic rings. The Kier molecular flexibility index (Phi) is 3.70. The number of anilines is 2. The summed E-state index contributed by atoms with van der Waals surface area (Å²) in [4.78, 5) is 0. The van der Waals surface area contributed by atoms with E-state index in [-0.39, 0.29) is 0 Å². The monoisotopic (exact) mass is 218 g/mol. The largest absolute Gasteiger partial charge is 0.399 e. The lowest BCUT2D eigenvalue weighted by Crippen LogP contribution is -2.07. The summed E-state index contributed by atoms with van der Waals surface area (Å²) < 4.78 is 0. The minimum absolute atomic E-state index is 0.790. The van der Waals surface area contributed by atoms with Crippen LogP contribution < -0.4 is 11.5 Å². The standard InChI is InChI=1S/C14H22N2/c15-13-8-12(9-14(16)10-13)7-6-11-4-2-1-3-5-11/h8-11H,1-7,15-16H2. The highest BCUT2D eigenvalue weighted by Crippen LogP contribution is 2.28. The third-order valence-electron chi connectivity index (χ3n) is 3.60. The smallest absolute Gasteiger partial charge is 0.0337 e. The van der Waals surface area contributed by atoms with Gasteiger partial charge in [-0.2, -0.15) is 0 Å². The molecule has 0 radical (unpaired) electrons. The Hall–Kier alpha value is -1.18. The van der Waals surface area contributed by atoms with Crippen molar-refractivity contribution in [3.05, 3.63) is 23.8 Å². The minimum atomic E-state index is 0.790. The van der Waals surface area contributed by atoms with Gasteiger partial charge in [0, 0.05) is 11.4 Å². The summed E-state index contributed by atoms with van der Waals surface area (Å²) in [6, 6.07) is 5.93. The van der Waals surface area contributed by atoms with Crippen molar-refractivity contribution in [1.29, 1.82) is 0 Å². The van der Waals surface area contributed by atoms with E-state index in [1.54, 1.807) is 0 Å². The van der Waals surface area contributed by atoms with Gasteiger partial charge in [0.15, 0.2) is 0 Å². The second-order valence-electron chi connectivity index (χ2n) is 5.05. The molecule has 2 rings (SSSR count). The van der Waals surface area contributed by atoms with Gasteiger partial charge in [0.1, 0.15) is 0 Å². The van der Waals surface area contributed by atoms with Crippen LogP contribution in [-0.4, -0.2) is 0 Å². The molecular weight excluding hydrogens is 196 g/mol. The fourth-order valence-electron chi connectivity index (χ4n) is 2.74. The SMILES string of the molecule is Nc1cc(N)cc(CCC2CCCCC2)c1. The van der Waals surface area contributed by atoms with Gasteiger partial charge in [-0.05, 0) is 42.5 Å². The summed E-state index contributed by atoms with van der Waals surface area (Å²) in [7, 11) is 0. The molecule has 0 aromatic heterocycles. The molecule has 0 saturated heterocycles. The molecule has 4 N–H and O–H groups in total. The lowest BCUT2D eigenvalue weighted by molar-refractivity contribution is 0.339. The molecule has 1 fully saturated rings. The number of rotatable bonds is 3. The van der Waals surface area contributed by atoms with Gasteiger partial charge in [0.05, 0.1) is 0 Å². The highest BCUT2D eigenvalue weighted by Gasteiger charge is 2.13. The molecular formula is C14H22N2. The molecule has 0 spiro atoms. The van der Waals surface area contributed by atoms with Crippen LogP contribution >= 0.6 is 0 Å². The third kappa shape index (κ3) is 3.16. The summed E-state index contributed by atoms with van der Waals surface area (Å²) in [5.74, 6) is 0.927. The molecule has 1 aromatic rings. The molecule has 0 aliphatic heterocycles. The highest BCUT2D eigenvalue weighted by atomic mass is 14.6. The van der Waals surface area contributed by atoms with Gasteiger partial charge in [-0.1, -0.05) is 32.1 Å². The normalized spacial score (nSPS) is 17.5. The van der Waals surface area contributed by atoms with Crippen LogP contribution in [0.1, 0.15) is 44.1 Å². The molecule has 2 heteroatoms. The first-order chi connectivity index (χ1) is 7.74. The highest BCUT2D eigenvalue weighted by molar-refractivity contribution is 5.54. The van der Waals surface area contributed by atoms with Crippen LogP contribution in [0.5, 0.6) is 0 Å². The molecule has 1 aromatic carbocycles. The lowest BCUT2D eigenvalue weighted by atomic mass is 9.85. The van der Waals surface area contributed by atoms with E-state index in [1.165, 1.54) is 44.1 Å². The Morgan fingerprint density at radius 2 is 1.56 bits per heavy atom. The number of hydrogen-bond acceptors (Lipinski definition) is 2. The predicted octanol–water partition coefficient (Wildman–Crippen LogP) is 3.36. The Bertz CT molecular complexity index is 320. The van der Waals surface area contributed by atoms with Crippen molar-refractivity contribution < 1.29 is 0 Å². The molecule has 0 amide bonds. The zero-order valence-electron chi connectivity index (χ0n) is 9.91. The van der Waals surface area contributed by atoms with Crippen LogP contribution in [0, 0.1) is 5.92 Å². The Labute approximate surface area is 98.0 Å². The van der Waals surface area contributed by atoms with Crippen molar-refractivity contribution in [2.24, 2.45) is 5.92 Å². The van der Waals surface area contributed by atoms with Crippen LogP contribution in [-0.2, 0) is 6.42 Å². The second-order valence-corrected chi connectivity index (χ2v) is 5.05. The summed E-state index contributed by atoms with van der Waals surface area (Å²) >= 11 is 0. The Morgan fingerprint density at radius 1 is 0.938 bits per heavy atom. The fourth-order valence-corrected chi connectivity index (χ4v) is 2.74. The molecule has 0 heterocycles. The van der Waals surface area contributed by atoms with E-state index in [1.807, 2.05) is 6.07 Å². The molecule has 1 saturated carbocycles. The van der Waals surface area contributed by atoms with E-state index in [2.05, 4.69) is 12.1 Å². The fraction of sp³-hybridized carbons (Fsp3) is 0.571. The third-order valence-corrected chi connectivity index (χ3v) is 3.60. The molecule has 1 aliphatic carbocycles. The van der Waals surface area contributed by atoms with Gasteiger partial charge in [0.25, 0.3) is 0 Å². The number of hydrogen-bond donors (Lipinski definition) is 2. The van der Waals surface area contributed by atoms with E-state index in [0.717, 1.165) is 23.7 Å². The van der Waals surface area contributed by atoms with Crippen LogP contribution in [0.15, 0.2) is 18.2 Å². The Morgan fingerprint density at radius 3 is 2.19 bits per heavy atom. The van der Waals surface area contributed by atoms with Crippen LogP contribution in [0.25, 0.3) is 0 Å². The molecule has 0 atom stereocenters. The maximum atomic E-state index is 5.79. The topological polar surface area (TPSA) is 52.0 Å². The maximum absolute atomic E-state index is 5.79. The predicted molar refractivity (Wildman–Crippen MR) is 70.2 cm³/mol. The summed E-state index contributed by atoms with van der Waals surface area (Å²) in [5.41, 5.74) is 14.5. The first-order valence-electron chi connectivity index (χ1n) is 6.39. The average Bonchev–Trinajstić information content (AvgIpc) is 2.27. The van der Waals surface area contributed by atoms with Gasteiger partial charge in [-0.3, -0.25) is 0 Å². The van der Waals surface area contributed by atoms with Gasteiger partial charge in [-0.25, -0.2) is 0 Å². The zero-order valence-corrected chi connectivity index (χ0v) is 9.91. The quantitative estimate of drug-likeness (QED) is 0.764. The summed E-state index contributed by atoms with van der Waals surface area (Å²) in [6.07, 6.45) is 9.52. The first-order valence-corrected chi connectivity index (χ1v) is 6.39. The van der Waals surface area contributed by atoms with Gasteiger partial charge in [-0.15, -0.1) is 0 Å². The average molecular weight is 218 g/mol. The number of nitrogen functional groups attached to an aromatic ring is 2. The molecule has 0 bridgehead atoms. The van der Waals surface area contributed by atoms with Crippen molar-refractivity contribution in [2.75, 3.05) is 11.5 Å². The van der Waals surface area contributed by atoms with Crippen LogP contribution in [0.4, 0.5) is 11.4 Å². The first kappa shape index (κ1) is 11.3. The lowest BCUT2D eigenvalue weighted by Gasteiger charge is -2.21. The van der Waals surface area contributed by atoms with Gasteiger partial charge >= 0.3 is 0 Å². The summed E-state index contributed by atoms with van der Waals surface area (Å²) in [6.45, 7) is 0. The van der Waals surface area contributed by atoms with Crippen molar-refractivity contribution in [3.63, 3.8) is 0 Å². The van der Waals surface area contributed by atoms with Crippen molar-refractivity contribution in [2.45, 2.75) is 44.9 Å². The Balaban J connectivity index is 1.88. The van der Waals surface area contributed by atoms with E-state index in [4.69, 9.17) is 11.5 Å². The number of benzene rings is 1. The second kappa shape index (κ2) is 5.24. The number of aryl methyl sites for hydroxylation is 1. The molecule has 16 heavy (non-hydrogen) atoms.